The van der Waals surface area contributed by atoms with Gasteiger partial charge in [-0.05, 0) is 50.7 Å². The molecule has 2 aromatic rings. The van der Waals surface area contributed by atoms with Crippen LogP contribution < -0.4 is 16.4 Å². The Kier molecular flexibility index (Phi) is 6.24. The van der Waals surface area contributed by atoms with E-state index in [1.165, 1.54) is 0 Å². The molecule has 28 heavy (non-hydrogen) atoms. The first kappa shape index (κ1) is 19.4. The van der Waals surface area contributed by atoms with E-state index in [1.807, 2.05) is 12.1 Å². The summed E-state index contributed by atoms with van der Waals surface area (Å²) in [6.07, 6.45) is 10.0. The number of pyridine rings is 1. The van der Waals surface area contributed by atoms with Crippen molar-refractivity contribution in [3.8, 4) is 11.3 Å². The molecule has 0 aromatic carbocycles. The van der Waals surface area contributed by atoms with E-state index in [0.717, 1.165) is 63.1 Å². The van der Waals surface area contributed by atoms with Crippen LogP contribution in [0.5, 0.6) is 0 Å². The van der Waals surface area contributed by atoms with Crippen LogP contribution in [0.3, 0.4) is 0 Å². The van der Waals surface area contributed by atoms with Crippen molar-refractivity contribution in [3.63, 3.8) is 0 Å². The van der Waals surface area contributed by atoms with Gasteiger partial charge in [-0.3, -0.25) is 0 Å². The van der Waals surface area contributed by atoms with Gasteiger partial charge in [0.2, 0.25) is 5.95 Å². The summed E-state index contributed by atoms with van der Waals surface area (Å²) in [6.45, 7) is 1.60. The maximum Gasteiger partial charge on any atom is 0.223 e. The molecule has 4 rings (SSSR count). The Hall–Kier alpha value is -1.96. The summed E-state index contributed by atoms with van der Waals surface area (Å²) in [5, 5.41) is 7.30. The fourth-order valence-corrected chi connectivity index (χ4v) is 3.98. The highest BCUT2D eigenvalue weighted by Crippen LogP contribution is 2.28. The molecule has 2 aromatic heterocycles. The van der Waals surface area contributed by atoms with Gasteiger partial charge >= 0.3 is 0 Å². The van der Waals surface area contributed by atoms with E-state index in [9.17, 15) is 0 Å². The quantitative estimate of drug-likeness (QED) is 0.680. The van der Waals surface area contributed by atoms with Crippen molar-refractivity contribution >= 4 is 23.4 Å². The fraction of sp³-hybridized carbons (Fsp3) is 0.550. The number of hydrogen-bond acceptors (Lipinski definition) is 7. The van der Waals surface area contributed by atoms with Gasteiger partial charge in [0.15, 0.2) is 0 Å². The van der Waals surface area contributed by atoms with Crippen LogP contribution in [0.1, 0.15) is 38.5 Å². The number of hydrogen-bond donors (Lipinski definition) is 3. The molecule has 8 heteroatoms. The summed E-state index contributed by atoms with van der Waals surface area (Å²) < 4.78 is 5.66. The summed E-state index contributed by atoms with van der Waals surface area (Å²) in [5.41, 5.74) is 7.60. The van der Waals surface area contributed by atoms with Crippen molar-refractivity contribution < 1.29 is 4.74 Å². The van der Waals surface area contributed by atoms with Crippen LogP contribution in [0.4, 0.5) is 11.8 Å². The molecule has 1 atom stereocenters. The van der Waals surface area contributed by atoms with Gasteiger partial charge in [0.05, 0.1) is 23.0 Å². The monoisotopic (exact) mass is 402 g/mol. The predicted molar refractivity (Wildman–Crippen MR) is 112 cm³/mol. The molecule has 0 radical (unpaired) electrons. The average Bonchev–Trinajstić information content (AvgIpc) is 3.23. The van der Waals surface area contributed by atoms with Crippen molar-refractivity contribution in [2.24, 2.45) is 5.73 Å². The van der Waals surface area contributed by atoms with E-state index in [0.29, 0.717) is 28.7 Å². The van der Waals surface area contributed by atoms with Crippen molar-refractivity contribution in [2.75, 3.05) is 23.8 Å². The highest BCUT2D eigenvalue weighted by atomic mass is 35.5. The van der Waals surface area contributed by atoms with Gasteiger partial charge < -0.3 is 21.1 Å². The van der Waals surface area contributed by atoms with Crippen LogP contribution in [0.15, 0.2) is 24.5 Å². The number of nitrogens with one attached hydrogen (secondary N) is 2. The summed E-state index contributed by atoms with van der Waals surface area (Å²) in [5.74, 6) is 1.39. The number of nitrogens with zero attached hydrogens (tertiary/aromatic N) is 3. The zero-order chi connectivity index (χ0) is 19.3. The lowest BCUT2D eigenvalue weighted by molar-refractivity contribution is 0.120. The van der Waals surface area contributed by atoms with Crippen molar-refractivity contribution in [1.29, 1.82) is 0 Å². The Labute approximate surface area is 170 Å². The van der Waals surface area contributed by atoms with Gasteiger partial charge in [0, 0.05) is 37.0 Å². The molecule has 150 valence electrons. The molecule has 1 unspecified atom stereocenters. The van der Waals surface area contributed by atoms with E-state index >= 15 is 0 Å². The molecule has 3 heterocycles. The minimum absolute atomic E-state index is 0.257. The van der Waals surface area contributed by atoms with Crippen LogP contribution in [0.2, 0.25) is 5.02 Å². The van der Waals surface area contributed by atoms with Crippen molar-refractivity contribution in [3.05, 3.63) is 29.5 Å². The normalized spacial score (nSPS) is 24.9. The molecule has 1 aliphatic heterocycles. The SMILES string of the molecule is NC1CCC(Nc2ncc(Cl)c(-c3ccnc(NCC4CCCO4)c3)n2)CC1. The molecule has 1 aliphatic carbocycles. The molecule has 0 amide bonds. The summed E-state index contributed by atoms with van der Waals surface area (Å²) >= 11 is 6.40. The topological polar surface area (TPSA) is 98.0 Å². The lowest BCUT2D eigenvalue weighted by Gasteiger charge is -2.26. The minimum Gasteiger partial charge on any atom is -0.376 e. The van der Waals surface area contributed by atoms with E-state index in [2.05, 4.69) is 25.6 Å². The molecule has 1 saturated heterocycles. The first-order valence-electron chi connectivity index (χ1n) is 10.0. The lowest BCUT2D eigenvalue weighted by atomic mass is 9.92. The molecule has 2 aliphatic rings. The third-order valence-corrected chi connectivity index (χ3v) is 5.69. The Morgan fingerprint density at radius 2 is 2.04 bits per heavy atom. The van der Waals surface area contributed by atoms with E-state index in [-0.39, 0.29) is 6.10 Å². The Morgan fingerprint density at radius 1 is 1.18 bits per heavy atom. The maximum absolute atomic E-state index is 6.40. The molecule has 4 N–H and O–H groups in total. The zero-order valence-electron chi connectivity index (χ0n) is 15.9. The van der Waals surface area contributed by atoms with Gasteiger partial charge in [-0.15, -0.1) is 0 Å². The number of aromatic nitrogens is 3. The van der Waals surface area contributed by atoms with Crippen LogP contribution in [-0.4, -0.2) is 46.3 Å². The second-order valence-electron chi connectivity index (χ2n) is 7.59. The number of halogens is 1. The van der Waals surface area contributed by atoms with Gasteiger partial charge in [0.1, 0.15) is 5.82 Å². The van der Waals surface area contributed by atoms with Gasteiger partial charge in [-0.2, -0.15) is 0 Å². The second kappa shape index (κ2) is 9.03. The van der Waals surface area contributed by atoms with Crippen LogP contribution in [-0.2, 0) is 4.74 Å². The smallest absolute Gasteiger partial charge is 0.223 e. The van der Waals surface area contributed by atoms with E-state index < -0.39 is 0 Å². The van der Waals surface area contributed by atoms with Crippen LogP contribution >= 0.6 is 11.6 Å². The molecule has 7 nitrogen and oxygen atoms in total. The van der Waals surface area contributed by atoms with E-state index in [4.69, 9.17) is 22.1 Å². The number of ether oxygens (including phenoxy) is 1. The Morgan fingerprint density at radius 3 is 2.82 bits per heavy atom. The fourth-order valence-electron chi connectivity index (χ4n) is 3.78. The van der Waals surface area contributed by atoms with Gasteiger partial charge in [-0.25, -0.2) is 15.0 Å². The van der Waals surface area contributed by atoms with E-state index in [1.54, 1.807) is 12.4 Å². The maximum atomic E-state index is 6.40. The summed E-state index contributed by atoms with van der Waals surface area (Å²) in [7, 11) is 0. The third kappa shape index (κ3) is 4.90. The predicted octanol–water partition coefficient (Wildman–Crippen LogP) is 3.46. The second-order valence-corrected chi connectivity index (χ2v) is 8.00. The average molecular weight is 403 g/mol. The third-order valence-electron chi connectivity index (χ3n) is 5.42. The summed E-state index contributed by atoms with van der Waals surface area (Å²) in [6, 6.07) is 4.55. The molecule has 0 bridgehead atoms. The lowest BCUT2D eigenvalue weighted by Crippen LogP contribution is -2.33. The first-order valence-corrected chi connectivity index (χ1v) is 10.4. The number of anilines is 2. The van der Waals surface area contributed by atoms with Gasteiger partial charge in [-0.1, -0.05) is 11.6 Å². The van der Waals surface area contributed by atoms with Crippen molar-refractivity contribution in [1.82, 2.24) is 15.0 Å². The summed E-state index contributed by atoms with van der Waals surface area (Å²) in [4.78, 5) is 13.4. The van der Waals surface area contributed by atoms with Gasteiger partial charge in [0.25, 0.3) is 0 Å². The first-order chi connectivity index (χ1) is 13.7. The highest BCUT2D eigenvalue weighted by molar-refractivity contribution is 6.32. The molecular formula is C20H27ClN6O. The number of nitrogens with two attached hydrogens (primary N) is 1. The Bertz CT molecular complexity index is 790. The minimum atomic E-state index is 0.257. The zero-order valence-corrected chi connectivity index (χ0v) is 16.7. The standard InChI is InChI=1S/C20H27ClN6O/c21-17-12-25-20(26-15-5-3-14(22)4-6-15)27-19(17)13-7-8-23-18(10-13)24-11-16-2-1-9-28-16/h7-8,10,12,14-16H,1-6,9,11,22H2,(H,23,24)(H,25,26,27). The van der Waals surface area contributed by atoms with Crippen LogP contribution in [0, 0.1) is 0 Å². The van der Waals surface area contributed by atoms with Crippen molar-refractivity contribution in [2.45, 2.75) is 56.7 Å². The number of rotatable bonds is 6. The molecule has 2 fully saturated rings. The van der Waals surface area contributed by atoms with Crippen LogP contribution in [0.25, 0.3) is 11.3 Å². The highest BCUT2D eigenvalue weighted by Gasteiger charge is 2.20. The molecule has 0 spiro atoms. The Balaban J connectivity index is 1.46. The molecular weight excluding hydrogens is 376 g/mol. The largest absolute Gasteiger partial charge is 0.376 e. The molecule has 1 saturated carbocycles.